The largest absolute Gasteiger partial charge is 0.353 e. The predicted molar refractivity (Wildman–Crippen MR) is 105 cm³/mol. The first kappa shape index (κ1) is 20.6. The Morgan fingerprint density at radius 1 is 1.00 bits per heavy atom. The van der Waals surface area contributed by atoms with E-state index >= 15 is 0 Å². The van der Waals surface area contributed by atoms with Gasteiger partial charge in [0.25, 0.3) is 23.4 Å². The van der Waals surface area contributed by atoms with E-state index in [0.29, 0.717) is 5.56 Å². The first-order valence-electron chi connectivity index (χ1n) is 9.04. The number of nitrogens with one attached hydrogen (secondary N) is 2. The minimum absolute atomic E-state index is 0.0174. The van der Waals surface area contributed by atoms with Gasteiger partial charge in [0.15, 0.2) is 0 Å². The number of aryl methyl sites for hydroxylation is 1. The van der Waals surface area contributed by atoms with Crippen molar-refractivity contribution >= 4 is 29.3 Å². The first-order chi connectivity index (χ1) is 14.3. The molecule has 1 aliphatic rings. The molecule has 0 saturated heterocycles. The zero-order valence-electron chi connectivity index (χ0n) is 16.0. The van der Waals surface area contributed by atoms with Crippen LogP contribution in [0.1, 0.15) is 36.6 Å². The number of nitrogens with zero attached hydrogens (tertiary/aromatic N) is 2. The molecule has 0 aliphatic carbocycles. The third-order valence-corrected chi connectivity index (χ3v) is 4.48. The second-order valence-corrected chi connectivity index (χ2v) is 6.66. The molecule has 0 atom stereocenters. The Bertz CT molecular complexity index is 1070. The summed E-state index contributed by atoms with van der Waals surface area (Å²) >= 11 is 0. The molecule has 0 aromatic heterocycles. The van der Waals surface area contributed by atoms with Crippen molar-refractivity contribution in [1.82, 2.24) is 15.5 Å². The lowest BCUT2D eigenvalue weighted by molar-refractivity contribution is -0.384. The van der Waals surface area contributed by atoms with Crippen molar-refractivity contribution in [2.24, 2.45) is 0 Å². The van der Waals surface area contributed by atoms with Gasteiger partial charge in [-0.3, -0.25) is 34.2 Å². The number of nitro groups is 1. The highest BCUT2D eigenvalue weighted by Crippen LogP contribution is 2.26. The number of imide groups is 1. The van der Waals surface area contributed by atoms with Gasteiger partial charge >= 0.3 is 0 Å². The van der Waals surface area contributed by atoms with Gasteiger partial charge in [0.1, 0.15) is 6.54 Å². The second kappa shape index (κ2) is 8.52. The number of nitro benzene ring substituents is 1. The maximum atomic E-state index is 12.4. The van der Waals surface area contributed by atoms with Gasteiger partial charge in [-0.15, -0.1) is 0 Å². The molecule has 2 aromatic carbocycles. The van der Waals surface area contributed by atoms with Gasteiger partial charge < -0.3 is 10.6 Å². The van der Waals surface area contributed by atoms with Gasteiger partial charge in [0.2, 0.25) is 5.91 Å². The van der Waals surface area contributed by atoms with Crippen LogP contribution in [0.3, 0.4) is 0 Å². The first-order valence-corrected chi connectivity index (χ1v) is 9.04. The van der Waals surface area contributed by atoms with Gasteiger partial charge in [-0.25, -0.2) is 0 Å². The summed E-state index contributed by atoms with van der Waals surface area (Å²) in [5.74, 6) is -2.33. The fraction of sp³-hybridized carbons (Fsp3) is 0.200. The molecule has 4 amide bonds. The minimum Gasteiger partial charge on any atom is -0.353 e. The van der Waals surface area contributed by atoms with Crippen molar-refractivity contribution in [2.45, 2.75) is 6.92 Å². The van der Waals surface area contributed by atoms with Crippen molar-refractivity contribution in [3.8, 4) is 0 Å². The molecule has 0 bridgehead atoms. The van der Waals surface area contributed by atoms with Crippen molar-refractivity contribution in [2.75, 3.05) is 19.6 Å². The van der Waals surface area contributed by atoms with Crippen LogP contribution in [0, 0.1) is 17.0 Å². The molecule has 2 aromatic rings. The van der Waals surface area contributed by atoms with Crippen molar-refractivity contribution < 1.29 is 24.1 Å². The third kappa shape index (κ3) is 4.32. The zero-order valence-corrected chi connectivity index (χ0v) is 16.0. The van der Waals surface area contributed by atoms with E-state index in [0.717, 1.165) is 22.6 Å². The molecule has 0 radical (unpaired) electrons. The van der Waals surface area contributed by atoms with Crippen molar-refractivity contribution in [3.63, 3.8) is 0 Å². The quantitative estimate of drug-likeness (QED) is 0.303. The van der Waals surface area contributed by atoms with Gasteiger partial charge in [-0.05, 0) is 25.1 Å². The second-order valence-electron chi connectivity index (χ2n) is 6.66. The van der Waals surface area contributed by atoms with Gasteiger partial charge in [0, 0.05) is 30.8 Å². The fourth-order valence-electron chi connectivity index (χ4n) is 3.00. The third-order valence-electron chi connectivity index (χ3n) is 4.48. The van der Waals surface area contributed by atoms with E-state index in [1.54, 1.807) is 18.2 Å². The number of hydrogen-bond acceptors (Lipinski definition) is 6. The van der Waals surface area contributed by atoms with Gasteiger partial charge in [-0.2, -0.15) is 0 Å². The van der Waals surface area contributed by atoms with Crippen LogP contribution in [-0.4, -0.2) is 53.1 Å². The summed E-state index contributed by atoms with van der Waals surface area (Å²) in [6.07, 6.45) is 0. The van der Waals surface area contributed by atoms with Gasteiger partial charge in [0.05, 0.1) is 16.1 Å². The highest BCUT2D eigenvalue weighted by molar-refractivity contribution is 6.22. The van der Waals surface area contributed by atoms with E-state index in [1.165, 1.54) is 6.07 Å². The standard InChI is InChI=1S/C20H18N4O6/c1-12-3-2-4-13(9-12)18(26)22-8-7-21-17(25)11-23-19(27)15-6-5-14(24(29)30)10-16(15)20(23)28/h2-6,9-10H,7-8,11H2,1H3,(H,21,25)(H,22,26). The minimum atomic E-state index is -0.762. The molecule has 0 unspecified atom stereocenters. The molecule has 1 aliphatic heterocycles. The molecule has 0 saturated carbocycles. The van der Waals surface area contributed by atoms with Crippen LogP contribution in [0.5, 0.6) is 0 Å². The summed E-state index contributed by atoms with van der Waals surface area (Å²) in [4.78, 5) is 59.7. The molecule has 3 rings (SSSR count). The number of non-ortho nitro benzene ring substituents is 1. The predicted octanol–water partition coefficient (Wildman–Crippen LogP) is 1.05. The molecule has 10 nitrogen and oxygen atoms in total. The summed E-state index contributed by atoms with van der Waals surface area (Å²) in [5, 5.41) is 16.0. The molecule has 154 valence electrons. The molecular weight excluding hydrogens is 392 g/mol. The van der Waals surface area contributed by atoms with E-state index in [1.807, 2.05) is 13.0 Å². The van der Waals surface area contributed by atoms with E-state index in [4.69, 9.17) is 0 Å². The number of benzene rings is 2. The normalized spacial score (nSPS) is 12.5. The summed E-state index contributed by atoms with van der Waals surface area (Å²) in [7, 11) is 0. The Kier molecular flexibility index (Phi) is 5.86. The average Bonchev–Trinajstić information content (AvgIpc) is 2.95. The average molecular weight is 410 g/mol. The zero-order chi connectivity index (χ0) is 21.8. The number of fused-ring (bicyclic) bond motifs is 1. The Morgan fingerprint density at radius 3 is 2.40 bits per heavy atom. The van der Waals surface area contributed by atoms with Crippen LogP contribution >= 0.6 is 0 Å². The van der Waals surface area contributed by atoms with Crippen molar-refractivity contribution in [3.05, 3.63) is 74.8 Å². The lowest BCUT2D eigenvalue weighted by atomic mass is 10.1. The van der Waals surface area contributed by atoms with Crippen LogP contribution < -0.4 is 10.6 Å². The SMILES string of the molecule is Cc1cccc(C(=O)NCCNC(=O)CN2C(=O)c3ccc([N+](=O)[O-])cc3C2=O)c1. The van der Waals surface area contributed by atoms with Gasteiger partial charge in [-0.1, -0.05) is 17.7 Å². The summed E-state index contributed by atoms with van der Waals surface area (Å²) in [5.41, 5.74) is 1.05. The lowest BCUT2D eigenvalue weighted by Gasteiger charge is -2.13. The topological polar surface area (TPSA) is 139 Å². The Hall–Kier alpha value is -4.08. The fourth-order valence-corrected chi connectivity index (χ4v) is 3.00. The summed E-state index contributed by atoms with van der Waals surface area (Å²) in [6, 6.07) is 10.4. The van der Waals surface area contributed by atoms with Crippen molar-refractivity contribution in [1.29, 1.82) is 0 Å². The van der Waals surface area contributed by atoms with Crippen LogP contribution in [0.15, 0.2) is 42.5 Å². The number of carbonyl (C=O) groups is 4. The van der Waals surface area contributed by atoms with E-state index < -0.39 is 29.2 Å². The van der Waals surface area contributed by atoms with E-state index in [2.05, 4.69) is 10.6 Å². The molecule has 1 heterocycles. The lowest BCUT2D eigenvalue weighted by Crippen LogP contribution is -2.42. The molecule has 10 heteroatoms. The summed E-state index contributed by atoms with van der Waals surface area (Å²) < 4.78 is 0. The molecular formula is C20H18N4O6. The van der Waals surface area contributed by atoms with Crippen LogP contribution in [0.4, 0.5) is 5.69 Å². The molecule has 0 spiro atoms. The molecule has 0 fully saturated rings. The van der Waals surface area contributed by atoms with Crippen LogP contribution in [-0.2, 0) is 4.79 Å². The highest BCUT2D eigenvalue weighted by atomic mass is 16.6. The monoisotopic (exact) mass is 410 g/mol. The highest BCUT2D eigenvalue weighted by Gasteiger charge is 2.37. The number of hydrogen-bond donors (Lipinski definition) is 2. The summed E-state index contributed by atoms with van der Waals surface area (Å²) in [6.45, 7) is 1.61. The Balaban J connectivity index is 1.50. The number of amides is 4. The molecule has 2 N–H and O–H groups in total. The maximum Gasteiger partial charge on any atom is 0.270 e. The molecule has 30 heavy (non-hydrogen) atoms. The number of carbonyl (C=O) groups excluding carboxylic acids is 4. The Morgan fingerprint density at radius 2 is 1.70 bits per heavy atom. The number of rotatable bonds is 7. The Labute approximate surface area is 171 Å². The smallest absolute Gasteiger partial charge is 0.270 e. The van der Waals surface area contributed by atoms with E-state index in [9.17, 15) is 29.3 Å². The van der Waals surface area contributed by atoms with Crippen LogP contribution in [0.25, 0.3) is 0 Å². The maximum absolute atomic E-state index is 12.4. The van der Waals surface area contributed by atoms with Crippen LogP contribution in [0.2, 0.25) is 0 Å². The van der Waals surface area contributed by atoms with E-state index in [-0.39, 0.29) is 35.8 Å².